The molecule has 2 N–H and O–H groups in total. The van der Waals surface area contributed by atoms with Crippen LogP contribution in [-0.2, 0) is 4.79 Å². The first-order valence-electron chi connectivity index (χ1n) is 2.68. The smallest absolute Gasteiger partial charge is 0.306 e. The fourth-order valence-electron chi connectivity index (χ4n) is 0.519. The van der Waals surface area contributed by atoms with Crippen LogP contribution >= 0.6 is 11.3 Å². The first-order chi connectivity index (χ1) is 4.83. The minimum absolute atomic E-state index is 0.117. The highest BCUT2D eigenvalue weighted by molar-refractivity contribution is 7.07. The number of aromatic nitrogens is 1. The number of hydrogen-bond donors (Lipinski definition) is 2. The number of hydrogen-bond acceptors (Lipinski definition) is 4. The lowest BCUT2D eigenvalue weighted by molar-refractivity contribution is -0.106. The number of H-pyrrole nitrogens is 1. The van der Waals surface area contributed by atoms with Gasteiger partial charge in [-0.25, -0.2) is 0 Å². The SMILES string of the molecule is O=CCNc1csc(=O)[nH]1. The zero-order valence-electron chi connectivity index (χ0n) is 5.09. The molecule has 1 aromatic rings. The predicted octanol–water partition coefficient (Wildman–Crippen LogP) is 0.0472. The third-order valence-electron chi connectivity index (χ3n) is 0.896. The molecule has 0 aliphatic heterocycles. The Bertz CT molecular complexity index is 265. The standard InChI is InChI=1S/C5H6N2O2S/c8-2-1-6-4-3-10-5(9)7-4/h2-3,6H,1H2,(H,7,9). The van der Waals surface area contributed by atoms with E-state index in [1.807, 2.05) is 0 Å². The fourth-order valence-corrected chi connectivity index (χ4v) is 1.05. The monoisotopic (exact) mass is 158 g/mol. The average molecular weight is 158 g/mol. The third-order valence-corrected chi connectivity index (χ3v) is 1.57. The van der Waals surface area contributed by atoms with E-state index in [4.69, 9.17) is 0 Å². The van der Waals surface area contributed by atoms with Gasteiger partial charge in [-0.3, -0.25) is 9.78 Å². The van der Waals surface area contributed by atoms with Crippen molar-refractivity contribution in [3.05, 3.63) is 15.0 Å². The molecule has 0 atom stereocenters. The maximum atomic E-state index is 10.5. The molecule has 1 rings (SSSR count). The molecule has 0 unspecified atom stereocenters. The maximum absolute atomic E-state index is 10.5. The van der Waals surface area contributed by atoms with E-state index >= 15 is 0 Å². The van der Waals surface area contributed by atoms with Gasteiger partial charge in [-0.2, -0.15) is 0 Å². The van der Waals surface area contributed by atoms with Crippen molar-refractivity contribution in [3.8, 4) is 0 Å². The zero-order chi connectivity index (χ0) is 7.40. The maximum Gasteiger partial charge on any atom is 0.306 e. The van der Waals surface area contributed by atoms with Gasteiger partial charge >= 0.3 is 4.87 Å². The number of rotatable bonds is 3. The molecule has 0 saturated carbocycles. The number of anilines is 1. The highest BCUT2D eigenvalue weighted by Gasteiger charge is 1.91. The van der Waals surface area contributed by atoms with Crippen molar-refractivity contribution in [2.24, 2.45) is 0 Å². The second-order valence-corrected chi connectivity index (χ2v) is 2.45. The fraction of sp³-hybridized carbons (Fsp3) is 0.200. The van der Waals surface area contributed by atoms with Gasteiger partial charge in [0.25, 0.3) is 0 Å². The predicted molar refractivity (Wildman–Crippen MR) is 39.5 cm³/mol. The highest BCUT2D eigenvalue weighted by Crippen LogP contribution is 1.99. The Morgan fingerprint density at radius 1 is 1.80 bits per heavy atom. The number of nitrogens with one attached hydrogen (secondary N) is 2. The summed E-state index contributed by atoms with van der Waals surface area (Å²) in [5, 5.41) is 4.33. The summed E-state index contributed by atoms with van der Waals surface area (Å²) in [4.78, 5) is 22.7. The van der Waals surface area contributed by atoms with Crippen LogP contribution in [0.3, 0.4) is 0 Å². The molecule has 0 bridgehead atoms. The molecule has 0 saturated heterocycles. The average Bonchev–Trinajstić information content (AvgIpc) is 2.31. The summed E-state index contributed by atoms with van der Waals surface area (Å²) >= 11 is 1.07. The van der Waals surface area contributed by atoms with Gasteiger partial charge in [0.2, 0.25) is 0 Å². The van der Waals surface area contributed by atoms with Gasteiger partial charge in [-0.15, -0.1) is 0 Å². The van der Waals surface area contributed by atoms with E-state index in [1.165, 1.54) is 0 Å². The molecule has 10 heavy (non-hydrogen) atoms. The third kappa shape index (κ3) is 1.70. The largest absolute Gasteiger partial charge is 0.364 e. The van der Waals surface area contributed by atoms with Crippen LogP contribution in [-0.4, -0.2) is 17.8 Å². The second kappa shape index (κ2) is 3.17. The van der Waals surface area contributed by atoms with Gasteiger partial charge in [0, 0.05) is 5.38 Å². The van der Waals surface area contributed by atoms with E-state index < -0.39 is 0 Å². The normalized spacial score (nSPS) is 9.20. The molecule has 54 valence electrons. The number of aromatic amines is 1. The van der Waals surface area contributed by atoms with Crippen LogP contribution in [0.25, 0.3) is 0 Å². The van der Waals surface area contributed by atoms with E-state index in [0.717, 1.165) is 17.6 Å². The molecule has 1 heterocycles. The first kappa shape index (κ1) is 7.01. The van der Waals surface area contributed by atoms with Crippen molar-refractivity contribution in [3.63, 3.8) is 0 Å². The minimum Gasteiger partial charge on any atom is -0.364 e. The molecule has 0 radical (unpaired) electrons. The van der Waals surface area contributed by atoms with Gasteiger partial charge in [0.05, 0.1) is 6.54 Å². The van der Waals surface area contributed by atoms with Crippen molar-refractivity contribution in [2.75, 3.05) is 11.9 Å². The summed E-state index contributed by atoms with van der Waals surface area (Å²) in [7, 11) is 0. The van der Waals surface area contributed by atoms with Gasteiger partial charge in [-0.1, -0.05) is 11.3 Å². The number of aldehydes is 1. The van der Waals surface area contributed by atoms with Crippen molar-refractivity contribution < 1.29 is 4.79 Å². The summed E-state index contributed by atoms with van der Waals surface area (Å²) < 4.78 is 0. The van der Waals surface area contributed by atoms with Crippen molar-refractivity contribution in [1.82, 2.24) is 4.98 Å². The van der Waals surface area contributed by atoms with Gasteiger partial charge in [0.1, 0.15) is 12.1 Å². The lowest BCUT2D eigenvalue weighted by Crippen LogP contribution is -2.04. The summed E-state index contributed by atoms with van der Waals surface area (Å²) in [6, 6.07) is 0. The Labute approximate surface area is 60.9 Å². The molecule has 1 aromatic heterocycles. The lowest BCUT2D eigenvalue weighted by Gasteiger charge is -1.92. The Morgan fingerprint density at radius 2 is 2.60 bits per heavy atom. The molecule has 0 aliphatic carbocycles. The molecule has 0 spiro atoms. The van der Waals surface area contributed by atoms with Crippen molar-refractivity contribution >= 4 is 23.4 Å². The molecular formula is C5H6N2O2S. The summed E-state index contributed by atoms with van der Waals surface area (Å²) in [5.74, 6) is 0.599. The molecule has 0 amide bonds. The Morgan fingerprint density at radius 3 is 3.10 bits per heavy atom. The Kier molecular flexibility index (Phi) is 2.22. The molecular weight excluding hydrogens is 152 g/mol. The quantitative estimate of drug-likeness (QED) is 0.611. The van der Waals surface area contributed by atoms with Crippen molar-refractivity contribution in [2.45, 2.75) is 0 Å². The van der Waals surface area contributed by atoms with Crippen LogP contribution < -0.4 is 10.2 Å². The second-order valence-electron chi connectivity index (χ2n) is 1.61. The minimum atomic E-state index is -0.117. The molecule has 4 nitrogen and oxygen atoms in total. The van der Waals surface area contributed by atoms with Crippen LogP contribution in [0.15, 0.2) is 10.2 Å². The van der Waals surface area contributed by atoms with Crippen LogP contribution in [0.2, 0.25) is 0 Å². The van der Waals surface area contributed by atoms with E-state index in [-0.39, 0.29) is 11.4 Å². The highest BCUT2D eigenvalue weighted by atomic mass is 32.1. The summed E-state index contributed by atoms with van der Waals surface area (Å²) in [5.41, 5.74) is 0. The van der Waals surface area contributed by atoms with Crippen LogP contribution in [0.1, 0.15) is 0 Å². The number of carbonyl (C=O) groups excluding carboxylic acids is 1. The number of carbonyl (C=O) groups is 1. The lowest BCUT2D eigenvalue weighted by atomic mass is 10.7. The van der Waals surface area contributed by atoms with Crippen LogP contribution in [0.5, 0.6) is 0 Å². The van der Waals surface area contributed by atoms with Gasteiger partial charge in [-0.05, 0) is 0 Å². The summed E-state index contributed by atoms with van der Waals surface area (Å²) in [6.07, 6.45) is 0.732. The Hall–Kier alpha value is -1.10. The van der Waals surface area contributed by atoms with E-state index in [2.05, 4.69) is 10.3 Å². The van der Waals surface area contributed by atoms with Gasteiger partial charge < -0.3 is 10.1 Å². The number of thiazole rings is 1. The first-order valence-corrected chi connectivity index (χ1v) is 3.56. The zero-order valence-corrected chi connectivity index (χ0v) is 5.90. The molecule has 0 aromatic carbocycles. The van der Waals surface area contributed by atoms with Gasteiger partial charge in [0.15, 0.2) is 0 Å². The van der Waals surface area contributed by atoms with E-state index in [0.29, 0.717) is 5.82 Å². The summed E-state index contributed by atoms with van der Waals surface area (Å²) in [6.45, 7) is 0.229. The van der Waals surface area contributed by atoms with E-state index in [9.17, 15) is 9.59 Å². The Balaban J connectivity index is 2.58. The molecule has 0 fully saturated rings. The molecule has 0 aliphatic rings. The van der Waals surface area contributed by atoms with E-state index in [1.54, 1.807) is 5.38 Å². The molecule has 5 heteroatoms. The van der Waals surface area contributed by atoms with Crippen LogP contribution in [0, 0.1) is 0 Å². The van der Waals surface area contributed by atoms with Crippen molar-refractivity contribution in [1.29, 1.82) is 0 Å². The topological polar surface area (TPSA) is 62.0 Å². The van der Waals surface area contributed by atoms with Crippen LogP contribution in [0.4, 0.5) is 5.82 Å².